The van der Waals surface area contributed by atoms with Crippen LogP contribution >= 0.6 is 0 Å². The van der Waals surface area contributed by atoms with E-state index < -0.39 is 153 Å². The third-order valence-corrected chi connectivity index (χ3v) is 14.6. The van der Waals surface area contributed by atoms with Crippen LogP contribution in [0.25, 0.3) is 0 Å². The molecule has 0 saturated heterocycles. The van der Waals surface area contributed by atoms with Crippen molar-refractivity contribution in [1.29, 1.82) is 0 Å². The SMILES string of the molecule is CCCCCCCC[N+](CCCCCCCC)(CCCCCCCC)C(C)(OCC)c1c(OB(Oc2cc(C(F)(F)F)cc(C(F)(F)F)c2)Oc2cc(C(F)(F)F)cc(C(F)(F)F)c2)cc(C(F)(F)F)cc1C(F)(F)F.FC(F)(F)c1c[c-]cc(C(F)(F)F)c1. The number of hydrogen-bond donors (Lipinski definition) is 0. The van der Waals surface area contributed by atoms with Crippen LogP contribution in [0.3, 0.4) is 0 Å². The van der Waals surface area contributed by atoms with E-state index in [-0.39, 0.29) is 62.1 Å². The molecule has 0 spiro atoms. The predicted octanol–water partition coefficient (Wildman–Crippen LogP) is 23.0. The summed E-state index contributed by atoms with van der Waals surface area (Å²) < 4.78 is 356. The minimum Gasteiger partial charge on any atom is -0.490 e. The van der Waals surface area contributed by atoms with Crippen molar-refractivity contribution in [3.63, 3.8) is 0 Å². The summed E-state index contributed by atoms with van der Waals surface area (Å²) in [7, 11) is -3.35. The van der Waals surface area contributed by atoms with Gasteiger partial charge in [-0.05, 0) is 94.0 Å². The van der Waals surface area contributed by atoms with Crippen molar-refractivity contribution in [2.75, 3.05) is 26.2 Å². The van der Waals surface area contributed by atoms with Crippen LogP contribution in [0, 0.1) is 6.07 Å². The van der Waals surface area contributed by atoms with Crippen LogP contribution < -0.4 is 14.0 Å². The smallest absolute Gasteiger partial charge is 0.490 e. The first-order valence-electron chi connectivity index (χ1n) is 28.9. The van der Waals surface area contributed by atoms with E-state index in [1.165, 1.54) is 13.8 Å². The van der Waals surface area contributed by atoms with Crippen molar-refractivity contribution in [1.82, 2.24) is 0 Å². The standard InChI is InChI=1S/C52H67BF18NO4.C8H3F6/c1-6-10-13-16-19-22-25-72(26-23-20-17-14-11-7-2,27-24-21-18-15-12-8-3)46(5,73-9-4)45-43(52(69,70)71)34-40(51(66,67)68)35-44(45)76-53(74-41-30-36(47(54,55)56)28-37(31-41)48(57,58)59)75-42-32-38(49(60,61)62)29-39(33-42)50(63,64)65;9-7(10,11)5-2-1-3-6(4-5)8(12,13)14/h28-35H,6-27H2,1-5H3;2-4H/q+1;-1. The molecule has 0 aromatic heterocycles. The predicted molar refractivity (Wildman–Crippen MR) is 286 cm³/mol. The van der Waals surface area contributed by atoms with Crippen LogP contribution in [0.15, 0.2) is 66.7 Å². The van der Waals surface area contributed by atoms with Crippen molar-refractivity contribution in [2.45, 2.75) is 205 Å². The van der Waals surface area contributed by atoms with E-state index in [4.69, 9.17) is 18.7 Å². The second kappa shape index (κ2) is 32.9. The van der Waals surface area contributed by atoms with Crippen molar-refractivity contribution in [2.24, 2.45) is 0 Å². The van der Waals surface area contributed by atoms with Gasteiger partial charge in [0.2, 0.25) is 5.72 Å². The first kappa shape index (κ1) is 78.8. The Hall–Kier alpha value is -5.42. The van der Waals surface area contributed by atoms with Crippen molar-refractivity contribution >= 4 is 7.32 Å². The van der Waals surface area contributed by atoms with Crippen LogP contribution in [-0.4, -0.2) is 38.0 Å². The summed E-state index contributed by atoms with van der Waals surface area (Å²) in [6.45, 7) is 8.25. The molecule has 30 heteroatoms. The maximum absolute atomic E-state index is 15.9. The quantitative estimate of drug-likeness (QED) is 0.0126. The van der Waals surface area contributed by atoms with E-state index in [1.807, 2.05) is 20.8 Å². The Morgan fingerprint density at radius 2 is 0.633 bits per heavy atom. The van der Waals surface area contributed by atoms with Crippen LogP contribution in [0.1, 0.15) is 200 Å². The van der Waals surface area contributed by atoms with Gasteiger partial charge in [-0.25, -0.2) is 0 Å². The van der Waals surface area contributed by atoms with E-state index in [2.05, 4.69) is 0 Å². The number of unbranched alkanes of at least 4 members (excludes halogenated alkanes) is 15. The Bertz CT molecular complexity index is 2590. The van der Waals surface area contributed by atoms with Gasteiger partial charge in [0.1, 0.15) is 17.2 Å². The summed E-state index contributed by atoms with van der Waals surface area (Å²) in [4.78, 5) is 0. The number of quaternary nitrogens is 1. The van der Waals surface area contributed by atoms with Gasteiger partial charge in [-0.3, -0.25) is 4.48 Å². The van der Waals surface area contributed by atoms with E-state index >= 15 is 13.2 Å². The van der Waals surface area contributed by atoms with Gasteiger partial charge < -0.3 is 18.7 Å². The van der Waals surface area contributed by atoms with Crippen LogP contribution in [0.4, 0.5) is 105 Å². The summed E-state index contributed by atoms with van der Waals surface area (Å²) >= 11 is 0. The molecule has 0 bridgehead atoms. The summed E-state index contributed by atoms with van der Waals surface area (Å²) in [6.07, 6.45) is -31.0. The number of hydrogen-bond acceptors (Lipinski definition) is 4. The van der Waals surface area contributed by atoms with E-state index in [9.17, 15) is 92.2 Å². The fourth-order valence-corrected chi connectivity index (χ4v) is 10.0. The molecule has 510 valence electrons. The molecule has 0 aliphatic heterocycles. The first-order chi connectivity index (χ1) is 41.4. The third kappa shape index (κ3) is 24.2. The van der Waals surface area contributed by atoms with Crippen LogP contribution in [0.2, 0.25) is 0 Å². The molecule has 90 heavy (non-hydrogen) atoms. The second-order valence-electron chi connectivity index (χ2n) is 21.6. The minimum absolute atomic E-state index is 0.00293. The van der Waals surface area contributed by atoms with Gasteiger partial charge >= 0.3 is 56.7 Å². The maximum atomic E-state index is 15.9. The summed E-state index contributed by atoms with van der Waals surface area (Å²) in [5, 5.41) is 0. The lowest BCUT2D eigenvalue weighted by Crippen LogP contribution is -2.64. The van der Waals surface area contributed by atoms with Crippen LogP contribution in [0.5, 0.6) is 17.2 Å². The molecule has 0 saturated carbocycles. The lowest BCUT2D eigenvalue weighted by molar-refractivity contribution is -1.01. The van der Waals surface area contributed by atoms with Gasteiger partial charge in [-0.15, -0.1) is 6.07 Å². The van der Waals surface area contributed by atoms with Gasteiger partial charge in [-0.1, -0.05) is 109 Å². The monoisotopic (exact) mass is 1340 g/mol. The zero-order chi connectivity index (χ0) is 68.4. The minimum atomic E-state index is -5.76. The summed E-state index contributed by atoms with van der Waals surface area (Å²) in [6, 6.07) is 1.22. The van der Waals surface area contributed by atoms with Gasteiger partial charge in [0, 0.05) is 6.92 Å². The number of alkyl halides is 24. The summed E-state index contributed by atoms with van der Waals surface area (Å²) in [5.41, 5.74) is -18.9. The van der Waals surface area contributed by atoms with Crippen molar-refractivity contribution in [3.8, 4) is 17.2 Å². The molecule has 1 atom stereocenters. The maximum Gasteiger partial charge on any atom is 0.864 e. The number of benzene rings is 4. The molecule has 0 fully saturated rings. The topological polar surface area (TPSA) is 36.9 Å². The van der Waals surface area contributed by atoms with Crippen molar-refractivity contribution < 1.29 is 129 Å². The second-order valence-corrected chi connectivity index (χ2v) is 21.6. The molecule has 0 radical (unpaired) electrons. The molecular weight excluding hydrogens is 1270 g/mol. The zero-order valence-electron chi connectivity index (χ0n) is 49.6. The molecule has 0 heterocycles. The molecule has 5 nitrogen and oxygen atoms in total. The van der Waals surface area contributed by atoms with Gasteiger partial charge in [0.25, 0.3) is 0 Å². The Balaban J connectivity index is 0.00000132. The number of nitrogens with zero attached hydrogens (tertiary/aromatic N) is 1. The van der Waals surface area contributed by atoms with E-state index in [0.717, 1.165) is 57.8 Å². The molecule has 0 N–H and O–H groups in total. The zero-order valence-corrected chi connectivity index (χ0v) is 49.6. The Morgan fingerprint density at radius 3 is 0.922 bits per heavy atom. The summed E-state index contributed by atoms with van der Waals surface area (Å²) in [5.74, 6) is -4.72. The molecule has 0 aliphatic rings. The number of rotatable bonds is 31. The lowest BCUT2D eigenvalue weighted by Gasteiger charge is -2.52. The Labute approximate surface area is 506 Å². The van der Waals surface area contributed by atoms with E-state index in [0.29, 0.717) is 69.9 Å². The number of ether oxygens (including phenoxy) is 1. The molecule has 0 amide bonds. The van der Waals surface area contributed by atoms with Gasteiger partial charge in [0.15, 0.2) is 0 Å². The van der Waals surface area contributed by atoms with Crippen molar-refractivity contribution in [3.05, 3.63) is 123 Å². The van der Waals surface area contributed by atoms with Crippen LogP contribution in [-0.2, 0) is 59.9 Å². The first-order valence-corrected chi connectivity index (χ1v) is 28.9. The molecule has 0 aliphatic carbocycles. The normalized spacial score (nSPS) is 13.8. The fraction of sp³-hybridized carbons (Fsp3) is 0.600. The van der Waals surface area contributed by atoms with Gasteiger partial charge in [0.05, 0.1) is 65.2 Å². The Morgan fingerprint density at radius 1 is 0.344 bits per heavy atom. The molecule has 4 aromatic carbocycles. The average Bonchev–Trinajstić information content (AvgIpc) is 0.728. The van der Waals surface area contributed by atoms with E-state index in [1.54, 1.807) is 6.07 Å². The molecular formula is C60H70BF24NO4. The Kier molecular flexibility index (Phi) is 28.8. The molecule has 1 unspecified atom stereocenters. The highest BCUT2D eigenvalue weighted by atomic mass is 19.4. The molecule has 4 aromatic rings. The highest BCUT2D eigenvalue weighted by molar-refractivity contribution is 6.39. The average molecular weight is 1340 g/mol. The highest BCUT2D eigenvalue weighted by Gasteiger charge is 2.56. The lowest BCUT2D eigenvalue weighted by atomic mass is 9.88. The fourth-order valence-electron chi connectivity index (χ4n) is 10.0. The highest BCUT2D eigenvalue weighted by Crippen LogP contribution is 2.52. The number of halogens is 24. The largest absolute Gasteiger partial charge is 0.864 e. The van der Waals surface area contributed by atoms with Gasteiger partial charge in [-0.2, -0.15) is 124 Å². The molecule has 4 rings (SSSR count). The third-order valence-electron chi connectivity index (χ3n) is 14.6.